The van der Waals surface area contributed by atoms with E-state index in [1.807, 2.05) is 161 Å². The van der Waals surface area contributed by atoms with Crippen LogP contribution >= 0.6 is 0 Å². The molecule has 10 nitrogen and oxygen atoms in total. The first-order valence-corrected chi connectivity index (χ1v) is 30.7. The van der Waals surface area contributed by atoms with E-state index in [2.05, 4.69) is 36.4 Å². The Hall–Kier alpha value is -10.7. The number of benzene rings is 12. The molecule has 0 unspecified atom stereocenters. The normalized spacial score (nSPS) is 11.0. The Labute approximate surface area is 565 Å². The SMILES string of the molecule is CC(=O)CC(C)=O.Cc1ccc(OCc2[c-]c3c(cc2)c2ccc(COc4ccc(C)cc4)cc2c2nc(-c4cc(F)cc(F)c4)cnc32)cc1.Cc1ccc(OCc2[c-]c3c(cc2)c2ccc(COc4ccc(C)cc4)cc2c2nc(-c4cc(F)cc(F)c4)cnc32)cc1.[Ir+3]. The summed E-state index contributed by atoms with van der Waals surface area (Å²) in [6.45, 7) is 12.3. The number of carbonyl (C=O) groups excluding carboxylic acids is 2. The number of ketones is 2. The van der Waals surface area contributed by atoms with Gasteiger partial charge in [-0.25, -0.2) is 17.6 Å². The number of aromatic nitrogens is 4. The third-order valence-corrected chi connectivity index (χ3v) is 15.8. The van der Waals surface area contributed by atoms with Gasteiger partial charge in [0.15, 0.2) is 0 Å². The first-order valence-electron chi connectivity index (χ1n) is 30.7. The number of nitrogens with zero attached hydrogens (tertiary/aromatic N) is 4. The number of fused-ring (bicyclic) bond motifs is 12. The summed E-state index contributed by atoms with van der Waals surface area (Å²) in [5.41, 5.74) is 12.2. The maximum atomic E-state index is 14.1. The van der Waals surface area contributed by atoms with Gasteiger partial charge in [0.05, 0.1) is 42.1 Å². The average molecular weight is 1460 g/mol. The monoisotopic (exact) mass is 1460 g/mol. The molecule has 96 heavy (non-hydrogen) atoms. The van der Waals surface area contributed by atoms with Gasteiger partial charge in [-0.2, -0.15) is 0 Å². The van der Waals surface area contributed by atoms with E-state index in [9.17, 15) is 27.2 Å². The molecule has 0 N–H and O–H groups in total. The maximum absolute atomic E-state index is 14.1. The summed E-state index contributed by atoms with van der Waals surface area (Å²) >= 11 is 0. The Morgan fingerprint density at radius 1 is 0.365 bits per heavy atom. The van der Waals surface area contributed by atoms with Crippen molar-refractivity contribution in [2.24, 2.45) is 0 Å². The van der Waals surface area contributed by atoms with Gasteiger partial charge in [-0.3, -0.25) is 19.6 Å². The topological polar surface area (TPSA) is 123 Å². The molecule has 12 aromatic carbocycles. The average Bonchev–Trinajstić information content (AvgIpc) is 0.745. The van der Waals surface area contributed by atoms with Gasteiger partial charge in [-0.15, -0.1) is 47.2 Å². The van der Waals surface area contributed by atoms with Crippen LogP contribution in [0.1, 0.15) is 64.8 Å². The Bertz CT molecular complexity index is 4850. The zero-order chi connectivity index (χ0) is 66.3. The van der Waals surface area contributed by atoms with E-state index in [1.165, 1.54) is 38.1 Å². The van der Waals surface area contributed by atoms with E-state index in [0.717, 1.165) is 123 Å². The molecule has 0 saturated carbocycles. The van der Waals surface area contributed by atoms with Gasteiger partial charge in [-0.05, 0) is 148 Å². The summed E-state index contributed by atoms with van der Waals surface area (Å²) in [5.74, 6) is 0.298. The Balaban J connectivity index is 0.000000176. The Morgan fingerprint density at radius 2 is 0.677 bits per heavy atom. The quantitative estimate of drug-likeness (QED) is 0.0400. The second kappa shape index (κ2) is 29.7. The van der Waals surface area contributed by atoms with Gasteiger partial charge in [-0.1, -0.05) is 128 Å². The van der Waals surface area contributed by atoms with Crippen LogP contribution in [-0.4, -0.2) is 31.5 Å². The second-order valence-electron chi connectivity index (χ2n) is 23.5. The number of halogens is 4. The molecule has 0 radical (unpaired) electrons. The predicted octanol–water partition coefficient (Wildman–Crippen LogP) is 19.5. The van der Waals surface area contributed by atoms with Crippen LogP contribution in [0.4, 0.5) is 17.6 Å². The number of rotatable bonds is 16. The number of Topliss-reactive ketones (excluding diaryl/α,β-unsaturated/α-hetero) is 2. The molecular weight excluding hydrogens is 1390 g/mol. The van der Waals surface area contributed by atoms with Crippen molar-refractivity contribution >= 4 is 76.7 Å². The molecule has 14 rings (SSSR count). The summed E-state index contributed by atoms with van der Waals surface area (Å²) in [6, 6.07) is 65.8. The molecular formula is C81H62F4IrN4O6+. The third kappa shape index (κ3) is 16.1. The van der Waals surface area contributed by atoms with Crippen LogP contribution in [0.5, 0.6) is 23.0 Å². The van der Waals surface area contributed by atoms with Crippen molar-refractivity contribution in [2.45, 2.75) is 74.4 Å². The van der Waals surface area contributed by atoms with Crippen LogP contribution in [0.25, 0.3) is 87.7 Å². The van der Waals surface area contributed by atoms with Crippen molar-refractivity contribution in [2.75, 3.05) is 0 Å². The van der Waals surface area contributed by atoms with Crippen molar-refractivity contribution in [3.8, 4) is 45.5 Å². The van der Waals surface area contributed by atoms with Gasteiger partial charge in [0.2, 0.25) is 0 Å². The fraction of sp³-hybridized carbons (Fsp3) is 0.136. The van der Waals surface area contributed by atoms with E-state index in [1.54, 1.807) is 12.4 Å². The minimum absolute atomic E-state index is 0. The van der Waals surface area contributed by atoms with Crippen LogP contribution in [0.15, 0.2) is 207 Å². The molecule has 0 aliphatic heterocycles. The molecule has 2 heterocycles. The first-order chi connectivity index (χ1) is 45.9. The van der Waals surface area contributed by atoms with Crippen LogP contribution in [0, 0.1) is 63.1 Å². The van der Waals surface area contributed by atoms with E-state index >= 15 is 0 Å². The molecule has 478 valence electrons. The van der Waals surface area contributed by atoms with E-state index in [0.29, 0.717) is 71.0 Å². The van der Waals surface area contributed by atoms with Crippen molar-refractivity contribution < 1.29 is 66.2 Å². The summed E-state index contributed by atoms with van der Waals surface area (Å²) in [7, 11) is 0. The van der Waals surface area contributed by atoms with E-state index < -0.39 is 23.3 Å². The summed E-state index contributed by atoms with van der Waals surface area (Å²) in [6.07, 6.45) is 3.19. The summed E-state index contributed by atoms with van der Waals surface area (Å²) in [4.78, 5) is 39.5. The molecule has 15 heteroatoms. The van der Waals surface area contributed by atoms with Gasteiger partial charge < -0.3 is 28.9 Å². The second-order valence-corrected chi connectivity index (χ2v) is 23.5. The number of hydrogen-bond donors (Lipinski definition) is 0. The molecule has 14 aromatic rings. The van der Waals surface area contributed by atoms with Gasteiger partial charge >= 0.3 is 20.1 Å². The maximum Gasteiger partial charge on any atom is 3.00 e. The van der Waals surface area contributed by atoms with Crippen LogP contribution in [0.2, 0.25) is 0 Å². The molecule has 0 aliphatic rings. The molecule has 0 atom stereocenters. The predicted molar refractivity (Wildman–Crippen MR) is 365 cm³/mol. The van der Waals surface area contributed by atoms with Gasteiger partial charge in [0.25, 0.3) is 0 Å². The van der Waals surface area contributed by atoms with Gasteiger partial charge in [0, 0.05) is 46.7 Å². The Kier molecular flexibility index (Phi) is 20.6. The van der Waals surface area contributed by atoms with E-state index in [-0.39, 0.29) is 38.1 Å². The smallest absolute Gasteiger partial charge is 0.491 e. The van der Waals surface area contributed by atoms with Crippen molar-refractivity contribution in [1.29, 1.82) is 0 Å². The van der Waals surface area contributed by atoms with Crippen LogP contribution in [-0.2, 0) is 56.1 Å². The molecule has 0 amide bonds. The van der Waals surface area contributed by atoms with Gasteiger partial charge in [0.1, 0.15) is 71.0 Å². The van der Waals surface area contributed by atoms with E-state index in [4.69, 9.17) is 38.9 Å². The van der Waals surface area contributed by atoms with Crippen LogP contribution < -0.4 is 18.9 Å². The number of hydrogen-bond acceptors (Lipinski definition) is 10. The summed E-state index contributed by atoms with van der Waals surface area (Å²) < 4.78 is 80.7. The molecule has 0 spiro atoms. The van der Waals surface area contributed by atoms with Crippen molar-refractivity contribution in [3.05, 3.63) is 286 Å². The molecule has 0 saturated heterocycles. The zero-order valence-corrected chi connectivity index (χ0v) is 55.6. The third-order valence-electron chi connectivity index (χ3n) is 15.8. The first kappa shape index (κ1) is 66.7. The zero-order valence-electron chi connectivity index (χ0n) is 53.2. The Morgan fingerprint density at radius 3 is 0.990 bits per heavy atom. The molecule has 2 aromatic heterocycles. The number of carbonyl (C=O) groups is 2. The number of ether oxygens (including phenoxy) is 4. The van der Waals surface area contributed by atoms with Crippen molar-refractivity contribution in [1.82, 2.24) is 19.9 Å². The fourth-order valence-corrected chi connectivity index (χ4v) is 11.0. The fourth-order valence-electron chi connectivity index (χ4n) is 11.0. The van der Waals surface area contributed by atoms with Crippen molar-refractivity contribution in [3.63, 3.8) is 0 Å². The molecule has 0 aliphatic carbocycles. The minimum Gasteiger partial charge on any atom is -0.491 e. The van der Waals surface area contributed by atoms with Crippen LogP contribution in [0.3, 0.4) is 0 Å². The molecule has 0 bridgehead atoms. The standard InChI is InChI=1S/2C38H27F2N2O2.C5H8O2.Ir/c2*1-23-3-9-30(10-4-23)43-21-25-7-13-32-33-14-8-26(22-44-31-11-5-24(2)6-12-31)16-35(33)38-37(34(32)15-25)41-20-36(42-38)27-17-28(39)19-29(40)18-27;1-4(6)3-5(2)7;/h2*3-14,16-20H,21-22H2,1-2H3;3H2,1-2H3;/q2*-1;;+3. The molecule has 0 fully saturated rings. The number of aryl methyl sites for hydroxylation is 4. The summed E-state index contributed by atoms with van der Waals surface area (Å²) in [5, 5.41) is 7.18. The largest absolute Gasteiger partial charge is 3.00 e. The minimum atomic E-state index is -0.674.